The van der Waals surface area contributed by atoms with E-state index in [9.17, 15) is 5.11 Å². The third-order valence-corrected chi connectivity index (χ3v) is 5.64. The number of benzene rings is 2. The highest BCUT2D eigenvalue weighted by atomic mass is 32.1. The maximum atomic E-state index is 12.2. The van der Waals surface area contributed by atoms with Crippen molar-refractivity contribution in [3.8, 4) is 0 Å². The predicted molar refractivity (Wildman–Crippen MR) is 106 cm³/mol. The molecule has 0 unspecified atom stereocenters. The number of pyridine rings is 1. The second-order valence-electron chi connectivity index (χ2n) is 6.21. The molecule has 4 rings (SSSR count). The molecule has 1 N–H and O–H groups in total. The van der Waals surface area contributed by atoms with Gasteiger partial charge in [-0.3, -0.25) is 4.98 Å². The Morgan fingerprint density at radius 3 is 2.08 bits per heavy atom. The molecule has 2 heterocycles. The Morgan fingerprint density at radius 2 is 1.46 bits per heavy atom. The fourth-order valence-corrected chi connectivity index (χ4v) is 4.33. The van der Waals surface area contributed by atoms with Gasteiger partial charge in [0.25, 0.3) is 0 Å². The first-order valence-electron chi connectivity index (χ1n) is 8.58. The van der Waals surface area contributed by atoms with Crippen molar-refractivity contribution in [2.75, 3.05) is 0 Å². The molecular weight excluding hydrogens is 338 g/mol. The van der Waals surface area contributed by atoms with E-state index < -0.39 is 5.60 Å². The van der Waals surface area contributed by atoms with Gasteiger partial charge in [0.1, 0.15) is 5.60 Å². The Morgan fingerprint density at radius 1 is 0.769 bits per heavy atom. The van der Waals surface area contributed by atoms with Crippen LogP contribution < -0.4 is 0 Å². The quantitative estimate of drug-likeness (QED) is 0.532. The van der Waals surface area contributed by atoms with Crippen LogP contribution in [0.2, 0.25) is 0 Å². The minimum Gasteiger partial charge on any atom is -0.378 e. The zero-order chi connectivity index (χ0) is 17.8. The molecule has 0 aliphatic heterocycles. The van der Waals surface area contributed by atoms with Crippen LogP contribution in [0.1, 0.15) is 27.6 Å². The minimum absolute atomic E-state index is 0.314. The van der Waals surface area contributed by atoms with Crippen molar-refractivity contribution in [3.05, 3.63) is 124 Å². The summed E-state index contributed by atoms with van der Waals surface area (Å²) in [6.45, 7) is 0. The van der Waals surface area contributed by atoms with Crippen LogP contribution in [0.25, 0.3) is 0 Å². The lowest BCUT2D eigenvalue weighted by atomic mass is 9.74. The summed E-state index contributed by atoms with van der Waals surface area (Å²) in [6.07, 6.45) is 1.78. The van der Waals surface area contributed by atoms with E-state index >= 15 is 0 Å². The topological polar surface area (TPSA) is 33.1 Å². The lowest BCUT2D eigenvalue weighted by molar-refractivity contribution is 0.0650. The summed E-state index contributed by atoms with van der Waals surface area (Å²) in [5, 5.41) is 14.2. The molecule has 0 bridgehead atoms. The van der Waals surface area contributed by atoms with Crippen molar-refractivity contribution in [3.63, 3.8) is 0 Å². The third kappa shape index (κ3) is 2.96. The molecule has 0 saturated carbocycles. The van der Waals surface area contributed by atoms with Gasteiger partial charge < -0.3 is 5.11 Å². The van der Waals surface area contributed by atoms with E-state index in [0.29, 0.717) is 0 Å². The molecule has 0 saturated heterocycles. The molecule has 2 aromatic carbocycles. The molecular formula is C23H19NOS. The minimum atomic E-state index is -1.20. The highest BCUT2D eigenvalue weighted by molar-refractivity contribution is 7.10. The molecule has 128 valence electrons. The lowest BCUT2D eigenvalue weighted by Crippen LogP contribution is -2.35. The molecule has 3 heteroatoms. The normalized spacial score (nSPS) is 14.5. The number of thiophene rings is 1. The SMILES string of the molecule is O[C@@](c1ccccc1)(c1cccs1)[C@H](c1ccccc1)c1ccccn1. The van der Waals surface area contributed by atoms with Crippen LogP contribution >= 0.6 is 11.3 Å². The van der Waals surface area contributed by atoms with Gasteiger partial charge in [-0.25, -0.2) is 0 Å². The molecule has 2 nitrogen and oxygen atoms in total. The van der Waals surface area contributed by atoms with E-state index in [-0.39, 0.29) is 5.92 Å². The zero-order valence-electron chi connectivity index (χ0n) is 14.2. The summed E-state index contributed by atoms with van der Waals surface area (Å²) in [7, 11) is 0. The van der Waals surface area contributed by atoms with Gasteiger partial charge in [0, 0.05) is 11.1 Å². The number of rotatable bonds is 5. The molecule has 0 spiro atoms. The fraction of sp³-hybridized carbons (Fsp3) is 0.0870. The maximum absolute atomic E-state index is 12.2. The van der Waals surface area contributed by atoms with Gasteiger partial charge in [0.15, 0.2) is 0 Å². The van der Waals surface area contributed by atoms with E-state index in [1.165, 1.54) is 0 Å². The number of aromatic nitrogens is 1. The van der Waals surface area contributed by atoms with Crippen molar-refractivity contribution in [1.82, 2.24) is 4.98 Å². The Labute approximate surface area is 157 Å². The van der Waals surface area contributed by atoms with Crippen molar-refractivity contribution < 1.29 is 5.11 Å². The first kappa shape index (κ1) is 16.7. The Balaban J connectivity index is 1.99. The van der Waals surface area contributed by atoms with E-state index in [4.69, 9.17) is 0 Å². The molecule has 2 atom stereocenters. The highest BCUT2D eigenvalue weighted by Crippen LogP contribution is 2.47. The Bertz CT molecular complexity index is 900. The van der Waals surface area contributed by atoms with Gasteiger partial charge >= 0.3 is 0 Å². The van der Waals surface area contributed by atoms with Crippen LogP contribution in [-0.4, -0.2) is 10.1 Å². The molecule has 26 heavy (non-hydrogen) atoms. The highest BCUT2D eigenvalue weighted by Gasteiger charge is 2.43. The Hall–Kier alpha value is -2.75. The Kier molecular flexibility index (Phi) is 4.65. The second-order valence-corrected chi connectivity index (χ2v) is 7.16. The van der Waals surface area contributed by atoms with Gasteiger partial charge in [-0.1, -0.05) is 72.8 Å². The van der Waals surface area contributed by atoms with Crippen molar-refractivity contribution in [2.24, 2.45) is 0 Å². The zero-order valence-corrected chi connectivity index (χ0v) is 15.0. The lowest BCUT2D eigenvalue weighted by Gasteiger charge is -2.36. The van der Waals surface area contributed by atoms with Crippen LogP contribution in [-0.2, 0) is 5.60 Å². The van der Waals surface area contributed by atoms with Gasteiger partial charge in [0.05, 0.1) is 11.6 Å². The first-order chi connectivity index (χ1) is 12.8. The molecule has 0 amide bonds. The predicted octanol–water partition coefficient (Wildman–Crippen LogP) is 5.21. The summed E-state index contributed by atoms with van der Waals surface area (Å²) >= 11 is 1.56. The summed E-state index contributed by atoms with van der Waals surface area (Å²) in [5.41, 5.74) is 1.54. The largest absolute Gasteiger partial charge is 0.378 e. The monoisotopic (exact) mass is 357 g/mol. The number of aliphatic hydroxyl groups is 1. The summed E-state index contributed by atoms with van der Waals surface area (Å²) in [4.78, 5) is 5.51. The third-order valence-electron chi connectivity index (χ3n) is 4.64. The van der Waals surface area contributed by atoms with Crippen LogP contribution in [0, 0.1) is 0 Å². The summed E-state index contributed by atoms with van der Waals surface area (Å²) in [5.74, 6) is -0.314. The number of nitrogens with zero attached hydrogens (tertiary/aromatic N) is 1. The molecule has 0 aliphatic carbocycles. The average Bonchev–Trinajstić information content (AvgIpc) is 3.26. The summed E-state index contributed by atoms with van der Waals surface area (Å²) in [6, 6.07) is 29.8. The molecule has 0 aliphatic rings. The molecule has 4 aromatic rings. The molecule has 2 aromatic heterocycles. The van der Waals surface area contributed by atoms with Crippen LogP contribution in [0.3, 0.4) is 0 Å². The van der Waals surface area contributed by atoms with Crippen molar-refractivity contribution in [1.29, 1.82) is 0 Å². The van der Waals surface area contributed by atoms with E-state index in [2.05, 4.69) is 17.1 Å². The maximum Gasteiger partial charge on any atom is 0.136 e. The standard InChI is InChI=1S/C23H19NOS/c25-23(21-15-9-17-26-21,19-12-5-2-6-13-19)22(18-10-3-1-4-11-18)20-14-7-8-16-24-20/h1-17,22,25H/t22-,23+/m1/s1. The smallest absolute Gasteiger partial charge is 0.136 e. The fourth-order valence-electron chi connectivity index (χ4n) is 3.46. The second kappa shape index (κ2) is 7.24. The number of hydrogen-bond acceptors (Lipinski definition) is 3. The van der Waals surface area contributed by atoms with Crippen molar-refractivity contribution >= 4 is 11.3 Å². The molecule has 0 fully saturated rings. The van der Waals surface area contributed by atoms with E-state index in [1.54, 1.807) is 17.5 Å². The van der Waals surface area contributed by atoms with Crippen molar-refractivity contribution in [2.45, 2.75) is 11.5 Å². The van der Waals surface area contributed by atoms with E-state index in [0.717, 1.165) is 21.7 Å². The van der Waals surface area contributed by atoms with Crippen LogP contribution in [0.4, 0.5) is 0 Å². The summed E-state index contributed by atoms with van der Waals surface area (Å²) < 4.78 is 0. The first-order valence-corrected chi connectivity index (χ1v) is 9.46. The van der Waals surface area contributed by atoms with Gasteiger partial charge in [-0.05, 0) is 34.7 Å². The van der Waals surface area contributed by atoms with Crippen LogP contribution in [0.5, 0.6) is 0 Å². The van der Waals surface area contributed by atoms with Gasteiger partial charge in [0.2, 0.25) is 0 Å². The van der Waals surface area contributed by atoms with E-state index in [1.807, 2.05) is 84.2 Å². The van der Waals surface area contributed by atoms with Crippen LogP contribution in [0.15, 0.2) is 103 Å². The average molecular weight is 357 g/mol. The van der Waals surface area contributed by atoms with Gasteiger partial charge in [-0.15, -0.1) is 11.3 Å². The molecule has 0 radical (unpaired) electrons. The number of hydrogen-bond donors (Lipinski definition) is 1. The van der Waals surface area contributed by atoms with Gasteiger partial charge in [-0.2, -0.15) is 0 Å².